The van der Waals surface area contributed by atoms with Crippen molar-refractivity contribution >= 4 is 76.2 Å². The molecular weight excluding hydrogens is 534 g/mol. The molecule has 1 rings (SSSR count). The Kier molecular flexibility index (Phi) is 5.76. The van der Waals surface area contributed by atoms with Crippen LogP contribution in [0.15, 0.2) is 9.79 Å². The van der Waals surface area contributed by atoms with Gasteiger partial charge in [-0.3, -0.25) is 0 Å². The molecule has 0 amide bonds. The highest BCUT2D eigenvalue weighted by Gasteiger charge is 2.36. The standard InChI is InChI=1S/C10H14I2O4S3/c1-5(2)18(13,14)7-8(10(12)17-9(7)11)19(15,16)6(3)4/h5-6H,1-4H3. The normalized spacial score (nSPS) is 13.5. The van der Waals surface area contributed by atoms with Crippen molar-refractivity contribution in [1.29, 1.82) is 0 Å². The number of hydrogen-bond donors (Lipinski definition) is 0. The van der Waals surface area contributed by atoms with E-state index >= 15 is 0 Å². The molecule has 0 aliphatic carbocycles. The number of hydrogen-bond acceptors (Lipinski definition) is 5. The molecule has 0 atom stereocenters. The molecule has 19 heavy (non-hydrogen) atoms. The van der Waals surface area contributed by atoms with Gasteiger partial charge < -0.3 is 0 Å². The highest BCUT2D eigenvalue weighted by atomic mass is 127. The SMILES string of the molecule is CC(C)S(=O)(=O)c1c(I)sc(I)c1S(=O)(=O)C(C)C. The molecule has 0 fully saturated rings. The Hall–Kier alpha value is 1.06. The van der Waals surface area contributed by atoms with E-state index in [0.29, 0.717) is 5.77 Å². The van der Waals surface area contributed by atoms with E-state index in [1.807, 2.05) is 45.2 Å². The van der Waals surface area contributed by atoms with Crippen molar-refractivity contribution in [3.05, 3.63) is 5.77 Å². The van der Waals surface area contributed by atoms with Gasteiger partial charge in [0.25, 0.3) is 0 Å². The Bertz CT molecular complexity index is 626. The molecule has 0 unspecified atom stereocenters. The molecule has 1 aromatic heterocycles. The largest absolute Gasteiger partial charge is 0.223 e. The van der Waals surface area contributed by atoms with E-state index in [4.69, 9.17) is 0 Å². The molecule has 0 radical (unpaired) electrons. The van der Waals surface area contributed by atoms with Gasteiger partial charge in [-0.2, -0.15) is 0 Å². The predicted octanol–water partition coefficient (Wildman–Crippen LogP) is 3.32. The molecule has 0 N–H and O–H groups in total. The van der Waals surface area contributed by atoms with E-state index in [1.54, 1.807) is 27.7 Å². The van der Waals surface area contributed by atoms with Crippen LogP contribution in [0.3, 0.4) is 0 Å². The van der Waals surface area contributed by atoms with Gasteiger partial charge in [-0.15, -0.1) is 11.3 Å². The molecule has 1 aromatic rings. The number of rotatable bonds is 4. The van der Waals surface area contributed by atoms with E-state index in [1.165, 1.54) is 11.3 Å². The molecule has 9 heteroatoms. The molecule has 0 saturated carbocycles. The van der Waals surface area contributed by atoms with Gasteiger partial charge in [0.2, 0.25) is 0 Å². The Morgan fingerprint density at radius 1 is 0.789 bits per heavy atom. The quantitative estimate of drug-likeness (QED) is 0.542. The van der Waals surface area contributed by atoms with E-state index in [2.05, 4.69) is 0 Å². The molecule has 0 aliphatic rings. The van der Waals surface area contributed by atoms with Crippen molar-refractivity contribution in [2.24, 2.45) is 0 Å². The topological polar surface area (TPSA) is 68.3 Å². The van der Waals surface area contributed by atoms with Crippen molar-refractivity contribution in [2.45, 2.75) is 48.0 Å². The zero-order chi connectivity index (χ0) is 15.2. The van der Waals surface area contributed by atoms with E-state index in [9.17, 15) is 16.8 Å². The maximum atomic E-state index is 12.4. The summed E-state index contributed by atoms with van der Waals surface area (Å²) in [5, 5.41) is -1.29. The summed E-state index contributed by atoms with van der Waals surface area (Å²) in [4.78, 5) is -0.0441. The predicted molar refractivity (Wildman–Crippen MR) is 94.4 cm³/mol. The van der Waals surface area contributed by atoms with Gasteiger partial charge in [-0.25, -0.2) is 16.8 Å². The molecule has 0 saturated heterocycles. The maximum absolute atomic E-state index is 12.4. The zero-order valence-electron chi connectivity index (χ0n) is 10.8. The summed E-state index contributed by atoms with van der Waals surface area (Å²) in [5.74, 6) is 0. The van der Waals surface area contributed by atoms with Crippen molar-refractivity contribution in [3.8, 4) is 0 Å². The van der Waals surface area contributed by atoms with Crippen LogP contribution >= 0.6 is 56.5 Å². The van der Waals surface area contributed by atoms with Crippen LogP contribution < -0.4 is 0 Å². The van der Waals surface area contributed by atoms with Crippen LogP contribution in [-0.4, -0.2) is 27.3 Å². The lowest BCUT2D eigenvalue weighted by molar-refractivity contribution is 0.573. The minimum Gasteiger partial charge on any atom is -0.223 e. The van der Waals surface area contributed by atoms with Crippen LogP contribution in [0.4, 0.5) is 0 Å². The van der Waals surface area contributed by atoms with Gasteiger partial charge in [0.05, 0.1) is 16.3 Å². The lowest BCUT2D eigenvalue weighted by Gasteiger charge is -2.12. The van der Waals surface area contributed by atoms with Crippen LogP contribution in [0.2, 0.25) is 0 Å². The summed E-state index contributed by atoms with van der Waals surface area (Å²) < 4.78 is 50.6. The monoisotopic (exact) mass is 548 g/mol. The van der Waals surface area contributed by atoms with Crippen LogP contribution in [0.5, 0.6) is 0 Å². The van der Waals surface area contributed by atoms with E-state index < -0.39 is 30.2 Å². The van der Waals surface area contributed by atoms with Crippen molar-refractivity contribution < 1.29 is 16.8 Å². The fourth-order valence-electron chi connectivity index (χ4n) is 1.30. The Balaban J connectivity index is 3.81. The fraction of sp³-hybridized carbons (Fsp3) is 0.600. The first-order valence-electron chi connectivity index (χ1n) is 5.39. The summed E-state index contributed by atoms with van der Waals surface area (Å²) in [6.07, 6.45) is 0. The smallest absolute Gasteiger partial charge is 0.183 e. The minimum atomic E-state index is -3.62. The third-order valence-electron chi connectivity index (χ3n) is 2.55. The molecule has 0 spiro atoms. The van der Waals surface area contributed by atoms with Gasteiger partial charge in [0, 0.05) is 0 Å². The average molecular weight is 548 g/mol. The molecule has 0 bridgehead atoms. The molecule has 0 aromatic carbocycles. The second kappa shape index (κ2) is 6.05. The van der Waals surface area contributed by atoms with Gasteiger partial charge in [-0.05, 0) is 72.9 Å². The fourth-order valence-corrected chi connectivity index (χ4v) is 11.1. The van der Waals surface area contributed by atoms with Gasteiger partial charge in [0.15, 0.2) is 19.7 Å². The summed E-state index contributed by atoms with van der Waals surface area (Å²) in [7, 11) is -7.23. The number of halogens is 2. The van der Waals surface area contributed by atoms with Crippen LogP contribution in [0.25, 0.3) is 0 Å². The van der Waals surface area contributed by atoms with Crippen molar-refractivity contribution in [3.63, 3.8) is 0 Å². The second-order valence-corrected chi connectivity index (χ2v) is 14.0. The minimum absolute atomic E-state index is 0.0220. The zero-order valence-corrected chi connectivity index (χ0v) is 17.5. The average Bonchev–Trinajstić information content (AvgIpc) is 2.53. The molecule has 1 heterocycles. The third kappa shape index (κ3) is 3.29. The number of sulfone groups is 2. The highest BCUT2D eigenvalue weighted by molar-refractivity contribution is 14.1. The van der Waals surface area contributed by atoms with Gasteiger partial charge in [-0.1, -0.05) is 0 Å². The van der Waals surface area contributed by atoms with Crippen molar-refractivity contribution in [2.75, 3.05) is 0 Å². The lowest BCUT2D eigenvalue weighted by atomic mass is 10.6. The van der Waals surface area contributed by atoms with E-state index in [-0.39, 0.29) is 9.79 Å². The van der Waals surface area contributed by atoms with Crippen LogP contribution in [-0.2, 0) is 19.7 Å². The first-order chi connectivity index (χ1) is 8.44. The van der Waals surface area contributed by atoms with Gasteiger partial charge in [0.1, 0.15) is 9.79 Å². The molecule has 4 nitrogen and oxygen atoms in total. The van der Waals surface area contributed by atoms with Crippen LogP contribution in [0.1, 0.15) is 27.7 Å². The van der Waals surface area contributed by atoms with Crippen molar-refractivity contribution in [1.82, 2.24) is 0 Å². The Labute approximate surface area is 145 Å². The Morgan fingerprint density at radius 3 is 1.26 bits per heavy atom. The lowest BCUT2D eigenvalue weighted by Crippen LogP contribution is -2.21. The first-order valence-corrected chi connectivity index (χ1v) is 11.5. The third-order valence-corrected chi connectivity index (χ3v) is 11.3. The summed E-state index contributed by atoms with van der Waals surface area (Å²) >= 11 is 5.00. The molecular formula is C10H14I2O4S3. The van der Waals surface area contributed by atoms with E-state index in [0.717, 1.165) is 0 Å². The number of thiophene rings is 1. The first kappa shape index (κ1) is 18.1. The van der Waals surface area contributed by atoms with Crippen LogP contribution in [0, 0.1) is 5.77 Å². The molecule has 0 aliphatic heterocycles. The molecule has 110 valence electrons. The summed E-state index contributed by atoms with van der Waals surface area (Å²) in [6.45, 7) is 6.23. The van der Waals surface area contributed by atoms with Gasteiger partial charge >= 0.3 is 0 Å². The highest BCUT2D eigenvalue weighted by Crippen LogP contribution is 2.40. The maximum Gasteiger partial charge on any atom is 0.183 e. The second-order valence-electron chi connectivity index (χ2n) is 4.50. The Morgan fingerprint density at radius 2 is 1.05 bits per heavy atom. The summed E-state index contributed by atoms with van der Waals surface area (Å²) in [6, 6.07) is 0. The summed E-state index contributed by atoms with van der Waals surface area (Å²) in [5.41, 5.74) is 0.